The van der Waals surface area contributed by atoms with E-state index >= 15 is 0 Å². The molecule has 1 aliphatic rings. The van der Waals surface area contributed by atoms with Crippen LogP contribution in [0.4, 0.5) is 13.2 Å². The third kappa shape index (κ3) is 5.11. The van der Waals surface area contributed by atoms with Crippen LogP contribution in [0.2, 0.25) is 0 Å². The van der Waals surface area contributed by atoms with Crippen LogP contribution >= 0.6 is 0 Å². The quantitative estimate of drug-likeness (QED) is 0.718. The third-order valence-corrected chi connectivity index (χ3v) is 4.59. The van der Waals surface area contributed by atoms with E-state index in [0.717, 1.165) is 36.4 Å². The lowest BCUT2D eigenvalue weighted by Crippen LogP contribution is -2.35. The van der Waals surface area contributed by atoms with E-state index in [1.807, 2.05) is 9.47 Å². The van der Waals surface area contributed by atoms with Gasteiger partial charge in [-0.1, -0.05) is 26.0 Å². The summed E-state index contributed by atoms with van der Waals surface area (Å²) in [5.74, 6) is 1.41. The van der Waals surface area contributed by atoms with Crippen molar-refractivity contribution in [2.24, 2.45) is 11.8 Å². The van der Waals surface area contributed by atoms with Crippen LogP contribution in [0.5, 0.6) is 0 Å². The largest absolute Gasteiger partial charge is 0.416 e. The normalized spacial score (nSPS) is 14.6. The molecule has 0 spiro atoms. The second-order valence-electron chi connectivity index (χ2n) is 7.55. The van der Waals surface area contributed by atoms with E-state index in [9.17, 15) is 18.0 Å². The Hall–Kier alpha value is -2.31. The van der Waals surface area contributed by atoms with Crippen molar-refractivity contribution in [3.63, 3.8) is 0 Å². The number of amides is 1. The van der Waals surface area contributed by atoms with E-state index in [0.29, 0.717) is 25.6 Å². The van der Waals surface area contributed by atoms with Crippen molar-refractivity contribution in [3.8, 4) is 0 Å². The molecule has 0 unspecified atom stereocenters. The molecule has 1 fully saturated rings. The number of aromatic nitrogens is 2. The van der Waals surface area contributed by atoms with E-state index in [2.05, 4.69) is 18.8 Å². The van der Waals surface area contributed by atoms with E-state index in [-0.39, 0.29) is 11.8 Å². The Kier molecular flexibility index (Phi) is 5.58. The van der Waals surface area contributed by atoms with Gasteiger partial charge in [0.15, 0.2) is 0 Å². The molecule has 7 heteroatoms. The predicted molar refractivity (Wildman–Crippen MR) is 95.8 cm³/mol. The minimum absolute atomic E-state index is 0.141. The molecule has 0 radical (unpaired) electrons. The van der Waals surface area contributed by atoms with Crippen molar-refractivity contribution in [1.82, 2.24) is 14.5 Å². The lowest BCUT2D eigenvalue weighted by atomic mass is 10.1. The minimum Gasteiger partial charge on any atom is -0.335 e. The van der Waals surface area contributed by atoms with Crippen LogP contribution in [0.3, 0.4) is 0 Å². The van der Waals surface area contributed by atoms with Crippen LogP contribution < -0.4 is 0 Å². The minimum atomic E-state index is -4.33. The van der Waals surface area contributed by atoms with Crippen LogP contribution in [-0.4, -0.2) is 26.9 Å². The van der Waals surface area contributed by atoms with Crippen LogP contribution in [0.25, 0.3) is 0 Å². The Morgan fingerprint density at radius 1 is 1.26 bits per heavy atom. The number of hydrogen-bond acceptors (Lipinski definition) is 2. The molecule has 0 saturated heterocycles. The number of alkyl halides is 3. The molecule has 146 valence electrons. The highest BCUT2D eigenvalue weighted by atomic mass is 19.4. The zero-order chi connectivity index (χ0) is 19.6. The molecule has 1 aromatic heterocycles. The molecule has 0 aliphatic heterocycles. The van der Waals surface area contributed by atoms with Crippen molar-refractivity contribution >= 4 is 5.91 Å². The highest BCUT2D eigenvalue weighted by Gasteiger charge is 2.34. The van der Waals surface area contributed by atoms with Gasteiger partial charge in [-0.15, -0.1) is 0 Å². The SMILES string of the molecule is CC(C)CN(Cc1nccn1Cc1ccc(C(F)(F)F)cc1)C(=O)C1CC1. The Morgan fingerprint density at radius 2 is 1.93 bits per heavy atom. The van der Waals surface area contributed by atoms with Crippen molar-refractivity contribution in [2.75, 3.05) is 6.54 Å². The van der Waals surface area contributed by atoms with Crippen LogP contribution in [-0.2, 0) is 24.1 Å². The molecular formula is C20H24F3N3O. The number of carbonyl (C=O) groups is 1. The maximum Gasteiger partial charge on any atom is 0.416 e. The molecule has 27 heavy (non-hydrogen) atoms. The predicted octanol–water partition coefficient (Wildman–Crippen LogP) is 4.34. The number of nitrogens with zero attached hydrogens (tertiary/aromatic N) is 3. The second-order valence-corrected chi connectivity index (χ2v) is 7.55. The Morgan fingerprint density at radius 3 is 2.48 bits per heavy atom. The third-order valence-electron chi connectivity index (χ3n) is 4.59. The highest BCUT2D eigenvalue weighted by Crippen LogP contribution is 2.32. The molecule has 1 aliphatic carbocycles. The molecule has 3 rings (SSSR count). The number of hydrogen-bond donors (Lipinski definition) is 0. The average Bonchev–Trinajstić information content (AvgIpc) is 3.35. The summed E-state index contributed by atoms with van der Waals surface area (Å²) < 4.78 is 40.0. The van der Waals surface area contributed by atoms with Crippen LogP contribution in [0.1, 0.15) is 43.6 Å². The van der Waals surface area contributed by atoms with Crippen molar-refractivity contribution in [3.05, 3.63) is 53.6 Å². The van der Waals surface area contributed by atoms with E-state index in [1.165, 1.54) is 12.1 Å². The van der Waals surface area contributed by atoms with Crippen molar-refractivity contribution in [2.45, 2.75) is 46.0 Å². The Labute approximate surface area is 157 Å². The fourth-order valence-corrected chi connectivity index (χ4v) is 3.06. The number of halogens is 3. The topological polar surface area (TPSA) is 38.1 Å². The summed E-state index contributed by atoms with van der Waals surface area (Å²) in [6.45, 7) is 5.65. The molecule has 1 heterocycles. The first kappa shape index (κ1) is 19.5. The van der Waals surface area contributed by atoms with Gasteiger partial charge in [-0.3, -0.25) is 4.79 Å². The average molecular weight is 379 g/mol. The van der Waals surface area contributed by atoms with Gasteiger partial charge in [0.2, 0.25) is 5.91 Å². The zero-order valence-corrected chi connectivity index (χ0v) is 15.5. The molecule has 4 nitrogen and oxygen atoms in total. The fourth-order valence-electron chi connectivity index (χ4n) is 3.06. The number of benzene rings is 1. The van der Waals surface area contributed by atoms with Gasteiger partial charge >= 0.3 is 6.18 Å². The van der Waals surface area contributed by atoms with Gasteiger partial charge in [-0.2, -0.15) is 13.2 Å². The van der Waals surface area contributed by atoms with Gasteiger partial charge in [0.05, 0.1) is 12.1 Å². The number of rotatable bonds is 7. The first-order valence-electron chi connectivity index (χ1n) is 9.19. The lowest BCUT2D eigenvalue weighted by molar-refractivity contribution is -0.137. The molecule has 1 amide bonds. The van der Waals surface area contributed by atoms with E-state index < -0.39 is 11.7 Å². The van der Waals surface area contributed by atoms with Gasteiger partial charge in [-0.25, -0.2) is 4.98 Å². The lowest BCUT2D eigenvalue weighted by Gasteiger charge is -2.25. The summed E-state index contributed by atoms with van der Waals surface area (Å²) in [5, 5.41) is 0. The maximum atomic E-state index is 12.7. The molecule has 1 saturated carbocycles. The van der Waals surface area contributed by atoms with Gasteiger partial charge in [0.1, 0.15) is 5.82 Å². The number of carbonyl (C=O) groups excluding carboxylic acids is 1. The monoisotopic (exact) mass is 379 g/mol. The Balaban J connectivity index is 1.71. The second kappa shape index (κ2) is 7.74. The molecule has 0 bridgehead atoms. The first-order valence-corrected chi connectivity index (χ1v) is 9.19. The summed E-state index contributed by atoms with van der Waals surface area (Å²) in [5.41, 5.74) is 0.0985. The molecule has 1 aromatic carbocycles. The fraction of sp³-hybridized carbons (Fsp3) is 0.500. The molecular weight excluding hydrogens is 355 g/mol. The summed E-state index contributed by atoms with van der Waals surface area (Å²) in [6, 6.07) is 5.14. The smallest absolute Gasteiger partial charge is 0.335 e. The van der Waals surface area contributed by atoms with E-state index in [4.69, 9.17) is 0 Å². The van der Waals surface area contributed by atoms with E-state index in [1.54, 1.807) is 12.4 Å². The standard InChI is InChI=1S/C20H24F3N3O/c1-14(2)11-26(19(27)16-5-6-16)13-18-24-9-10-25(18)12-15-3-7-17(8-4-15)20(21,22)23/h3-4,7-10,14,16H,5-6,11-13H2,1-2H3. The van der Waals surface area contributed by atoms with Gasteiger partial charge < -0.3 is 9.47 Å². The highest BCUT2D eigenvalue weighted by molar-refractivity contribution is 5.81. The van der Waals surface area contributed by atoms with Crippen molar-refractivity contribution in [1.29, 1.82) is 0 Å². The summed E-state index contributed by atoms with van der Waals surface area (Å²) in [6.07, 6.45) is 1.02. The van der Waals surface area contributed by atoms with Gasteiger partial charge in [-0.05, 0) is 36.5 Å². The zero-order valence-electron chi connectivity index (χ0n) is 15.5. The number of imidazole rings is 1. The Bertz CT molecular complexity index is 777. The summed E-state index contributed by atoms with van der Waals surface area (Å²) >= 11 is 0. The van der Waals surface area contributed by atoms with Gasteiger partial charge in [0.25, 0.3) is 0 Å². The molecule has 0 atom stereocenters. The van der Waals surface area contributed by atoms with Crippen molar-refractivity contribution < 1.29 is 18.0 Å². The summed E-state index contributed by atoms with van der Waals surface area (Å²) in [4.78, 5) is 18.8. The van der Waals surface area contributed by atoms with Crippen LogP contribution in [0, 0.1) is 11.8 Å². The first-order chi connectivity index (χ1) is 12.7. The maximum absolute atomic E-state index is 12.7. The van der Waals surface area contributed by atoms with Gasteiger partial charge in [0, 0.05) is 31.4 Å². The molecule has 0 N–H and O–H groups in total. The molecule has 2 aromatic rings. The summed E-state index contributed by atoms with van der Waals surface area (Å²) in [7, 11) is 0. The van der Waals surface area contributed by atoms with Crippen LogP contribution in [0.15, 0.2) is 36.7 Å².